The second-order valence-corrected chi connectivity index (χ2v) is 7.72. The van der Waals surface area contributed by atoms with Crippen molar-refractivity contribution in [2.75, 3.05) is 19.3 Å². The van der Waals surface area contributed by atoms with Crippen molar-refractivity contribution in [1.82, 2.24) is 9.62 Å². The number of sulfonamides is 1. The van der Waals surface area contributed by atoms with Crippen LogP contribution in [0.25, 0.3) is 0 Å². The van der Waals surface area contributed by atoms with Gasteiger partial charge in [0, 0.05) is 29.2 Å². The maximum absolute atomic E-state index is 11.9. The predicted octanol–water partition coefficient (Wildman–Crippen LogP) is 1.60. The molecule has 0 heterocycles. The average Bonchev–Trinajstić information content (AvgIpc) is 3.17. The van der Waals surface area contributed by atoms with Crippen LogP contribution in [0.15, 0.2) is 28.7 Å². The van der Waals surface area contributed by atoms with Crippen LogP contribution in [0.5, 0.6) is 0 Å². The van der Waals surface area contributed by atoms with E-state index in [0.29, 0.717) is 18.7 Å². The standard InChI is InChI=1S/C13H17BrN2O3S/c1-20(18,19)16(12-5-6-12)8-7-15-13(17)10-3-2-4-11(14)9-10/h2-4,9,12H,5-8H2,1H3,(H,15,17). The molecule has 0 aromatic heterocycles. The average molecular weight is 361 g/mol. The number of halogens is 1. The van der Waals surface area contributed by atoms with Crippen LogP contribution in [0.1, 0.15) is 23.2 Å². The molecule has 0 atom stereocenters. The van der Waals surface area contributed by atoms with Crippen LogP contribution in [-0.2, 0) is 10.0 Å². The summed E-state index contributed by atoms with van der Waals surface area (Å²) in [5.41, 5.74) is 0.553. The number of hydrogen-bond donors (Lipinski definition) is 1. The Morgan fingerprint density at radius 2 is 2.15 bits per heavy atom. The van der Waals surface area contributed by atoms with E-state index in [0.717, 1.165) is 17.3 Å². The summed E-state index contributed by atoms with van der Waals surface area (Å²) in [5.74, 6) is -0.199. The molecule has 20 heavy (non-hydrogen) atoms. The molecule has 0 unspecified atom stereocenters. The van der Waals surface area contributed by atoms with E-state index < -0.39 is 10.0 Å². The van der Waals surface area contributed by atoms with Gasteiger partial charge in [0.1, 0.15) is 0 Å². The number of nitrogens with zero attached hydrogens (tertiary/aromatic N) is 1. The van der Waals surface area contributed by atoms with Crippen molar-refractivity contribution in [2.24, 2.45) is 0 Å². The van der Waals surface area contributed by atoms with Crippen molar-refractivity contribution in [1.29, 1.82) is 0 Å². The summed E-state index contributed by atoms with van der Waals surface area (Å²) in [4.78, 5) is 11.9. The molecular weight excluding hydrogens is 344 g/mol. The fourth-order valence-corrected chi connectivity index (χ4v) is 3.57. The minimum Gasteiger partial charge on any atom is -0.351 e. The first-order valence-electron chi connectivity index (χ1n) is 6.38. The summed E-state index contributed by atoms with van der Waals surface area (Å²) in [6.07, 6.45) is 3.03. The molecule has 0 saturated heterocycles. The molecule has 0 spiro atoms. The fraction of sp³-hybridized carbons (Fsp3) is 0.462. The quantitative estimate of drug-likeness (QED) is 0.837. The molecule has 1 N–H and O–H groups in total. The Morgan fingerprint density at radius 3 is 2.70 bits per heavy atom. The van der Waals surface area contributed by atoms with Gasteiger partial charge in [-0.1, -0.05) is 22.0 Å². The van der Waals surface area contributed by atoms with Crippen LogP contribution in [0.2, 0.25) is 0 Å². The number of carbonyl (C=O) groups is 1. The number of nitrogens with one attached hydrogen (secondary N) is 1. The summed E-state index contributed by atoms with van der Waals surface area (Å²) >= 11 is 3.31. The molecule has 0 radical (unpaired) electrons. The monoisotopic (exact) mass is 360 g/mol. The SMILES string of the molecule is CS(=O)(=O)N(CCNC(=O)c1cccc(Br)c1)C1CC1. The Balaban J connectivity index is 1.87. The molecule has 1 saturated carbocycles. The van der Waals surface area contributed by atoms with E-state index in [9.17, 15) is 13.2 Å². The third kappa shape index (κ3) is 4.29. The first kappa shape index (κ1) is 15.5. The summed E-state index contributed by atoms with van der Waals surface area (Å²) < 4.78 is 25.5. The minimum atomic E-state index is -3.20. The normalized spacial score (nSPS) is 15.3. The lowest BCUT2D eigenvalue weighted by Gasteiger charge is -2.19. The number of benzene rings is 1. The molecule has 1 fully saturated rings. The van der Waals surface area contributed by atoms with Crippen LogP contribution in [0.4, 0.5) is 0 Å². The van der Waals surface area contributed by atoms with Crippen LogP contribution < -0.4 is 5.32 Å². The zero-order chi connectivity index (χ0) is 14.8. The van der Waals surface area contributed by atoms with E-state index in [1.165, 1.54) is 10.6 Å². The number of rotatable bonds is 6. The number of carbonyl (C=O) groups excluding carboxylic acids is 1. The van der Waals surface area contributed by atoms with E-state index >= 15 is 0 Å². The molecule has 2 rings (SSSR count). The Labute approximate surface area is 127 Å². The largest absolute Gasteiger partial charge is 0.351 e. The zero-order valence-corrected chi connectivity index (χ0v) is 13.6. The maximum atomic E-state index is 11.9. The van der Waals surface area contributed by atoms with Gasteiger partial charge in [-0.15, -0.1) is 0 Å². The molecule has 1 amide bonds. The summed E-state index contributed by atoms with van der Waals surface area (Å²) in [6, 6.07) is 7.19. The molecule has 1 aromatic rings. The fourth-order valence-electron chi connectivity index (χ4n) is 1.99. The van der Waals surface area contributed by atoms with E-state index in [1.807, 2.05) is 6.07 Å². The highest BCUT2D eigenvalue weighted by Crippen LogP contribution is 2.28. The summed E-state index contributed by atoms with van der Waals surface area (Å²) in [5, 5.41) is 2.75. The predicted molar refractivity (Wildman–Crippen MR) is 81.0 cm³/mol. The third-order valence-electron chi connectivity index (χ3n) is 3.08. The van der Waals surface area contributed by atoms with E-state index in [2.05, 4.69) is 21.2 Å². The smallest absolute Gasteiger partial charge is 0.251 e. The summed E-state index contributed by atoms with van der Waals surface area (Å²) in [7, 11) is -3.20. The first-order chi connectivity index (χ1) is 9.38. The second-order valence-electron chi connectivity index (χ2n) is 4.87. The van der Waals surface area contributed by atoms with Crippen molar-refractivity contribution in [2.45, 2.75) is 18.9 Å². The molecule has 1 aromatic carbocycles. The Morgan fingerprint density at radius 1 is 1.45 bits per heavy atom. The topological polar surface area (TPSA) is 66.5 Å². The summed E-state index contributed by atoms with van der Waals surface area (Å²) in [6.45, 7) is 0.637. The van der Waals surface area contributed by atoms with Gasteiger partial charge in [-0.3, -0.25) is 4.79 Å². The Hall–Kier alpha value is -0.920. The molecular formula is C13H17BrN2O3S. The Kier molecular flexibility index (Phi) is 4.82. The van der Waals surface area contributed by atoms with Crippen molar-refractivity contribution in [3.63, 3.8) is 0 Å². The van der Waals surface area contributed by atoms with Crippen LogP contribution in [0.3, 0.4) is 0 Å². The van der Waals surface area contributed by atoms with Gasteiger partial charge in [-0.05, 0) is 31.0 Å². The van der Waals surface area contributed by atoms with Crippen LogP contribution in [-0.4, -0.2) is 44.0 Å². The van der Waals surface area contributed by atoms with Crippen LogP contribution >= 0.6 is 15.9 Å². The van der Waals surface area contributed by atoms with Gasteiger partial charge in [0.15, 0.2) is 0 Å². The van der Waals surface area contributed by atoms with Gasteiger partial charge < -0.3 is 5.32 Å². The zero-order valence-electron chi connectivity index (χ0n) is 11.2. The van der Waals surface area contributed by atoms with Crippen molar-refractivity contribution < 1.29 is 13.2 Å². The Bertz CT molecular complexity index is 599. The van der Waals surface area contributed by atoms with E-state index in [-0.39, 0.29) is 11.9 Å². The van der Waals surface area contributed by atoms with E-state index in [4.69, 9.17) is 0 Å². The lowest BCUT2D eigenvalue weighted by atomic mass is 10.2. The van der Waals surface area contributed by atoms with Gasteiger partial charge >= 0.3 is 0 Å². The van der Waals surface area contributed by atoms with Gasteiger partial charge in [0.2, 0.25) is 10.0 Å². The number of hydrogen-bond acceptors (Lipinski definition) is 3. The van der Waals surface area contributed by atoms with Gasteiger partial charge in [0.25, 0.3) is 5.91 Å². The molecule has 1 aliphatic carbocycles. The highest BCUT2D eigenvalue weighted by Gasteiger charge is 2.34. The third-order valence-corrected chi connectivity index (χ3v) is 4.91. The van der Waals surface area contributed by atoms with Crippen molar-refractivity contribution in [3.05, 3.63) is 34.3 Å². The molecule has 110 valence electrons. The molecule has 0 bridgehead atoms. The molecule has 7 heteroatoms. The minimum absolute atomic E-state index is 0.118. The van der Waals surface area contributed by atoms with Crippen molar-refractivity contribution in [3.8, 4) is 0 Å². The highest BCUT2D eigenvalue weighted by molar-refractivity contribution is 9.10. The highest BCUT2D eigenvalue weighted by atomic mass is 79.9. The van der Waals surface area contributed by atoms with Crippen molar-refractivity contribution >= 4 is 31.9 Å². The first-order valence-corrected chi connectivity index (χ1v) is 9.02. The number of amides is 1. The van der Waals surface area contributed by atoms with Gasteiger partial charge in [0.05, 0.1) is 6.26 Å². The van der Waals surface area contributed by atoms with Crippen LogP contribution in [0, 0.1) is 0 Å². The van der Waals surface area contributed by atoms with Gasteiger partial charge in [-0.2, -0.15) is 4.31 Å². The lowest BCUT2D eigenvalue weighted by Crippen LogP contribution is -2.39. The molecule has 0 aliphatic heterocycles. The van der Waals surface area contributed by atoms with Gasteiger partial charge in [-0.25, -0.2) is 8.42 Å². The molecule has 1 aliphatic rings. The van der Waals surface area contributed by atoms with E-state index in [1.54, 1.807) is 18.2 Å². The molecule has 5 nitrogen and oxygen atoms in total. The maximum Gasteiger partial charge on any atom is 0.251 e. The second kappa shape index (κ2) is 6.24. The lowest BCUT2D eigenvalue weighted by molar-refractivity contribution is 0.0951.